The van der Waals surface area contributed by atoms with Crippen molar-refractivity contribution in [2.45, 2.75) is 83.8 Å². The summed E-state index contributed by atoms with van der Waals surface area (Å²) in [5, 5.41) is 2.95. The molecule has 1 atom stereocenters. The van der Waals surface area contributed by atoms with Gasteiger partial charge in [0.15, 0.2) is 0 Å². The second-order valence-corrected chi connectivity index (χ2v) is 9.56. The van der Waals surface area contributed by atoms with Gasteiger partial charge in [-0.25, -0.2) is 0 Å². The fourth-order valence-corrected chi connectivity index (χ4v) is 4.32. The zero-order valence-corrected chi connectivity index (χ0v) is 18.1. The van der Waals surface area contributed by atoms with E-state index in [9.17, 15) is 14.4 Å². The van der Waals surface area contributed by atoms with Crippen molar-refractivity contribution in [1.82, 2.24) is 15.1 Å². The number of aliphatic imine (C=N–C) groups is 1. The van der Waals surface area contributed by atoms with Gasteiger partial charge < -0.3 is 15.1 Å². The van der Waals surface area contributed by atoms with Crippen molar-refractivity contribution in [3.63, 3.8) is 0 Å². The van der Waals surface area contributed by atoms with Gasteiger partial charge in [-0.1, -0.05) is 12.8 Å². The van der Waals surface area contributed by atoms with Crippen LogP contribution in [-0.2, 0) is 14.4 Å². The van der Waals surface area contributed by atoms with E-state index in [4.69, 9.17) is 0 Å². The van der Waals surface area contributed by atoms with Gasteiger partial charge >= 0.3 is 0 Å². The zero-order chi connectivity index (χ0) is 21.4. The second kappa shape index (κ2) is 7.76. The molecule has 1 saturated carbocycles. The van der Waals surface area contributed by atoms with Crippen LogP contribution in [0.1, 0.15) is 66.7 Å². The molecule has 29 heavy (non-hydrogen) atoms. The molecule has 3 rings (SSSR count). The highest BCUT2D eigenvalue weighted by Crippen LogP contribution is 2.33. The molecule has 0 radical (unpaired) electrons. The first-order valence-corrected chi connectivity index (χ1v) is 10.4. The van der Waals surface area contributed by atoms with Crippen LogP contribution in [0.25, 0.3) is 0 Å². The normalized spacial score (nSPS) is 24.7. The average Bonchev–Trinajstić information content (AvgIpc) is 3.11. The molecule has 0 aromatic rings. The molecule has 1 aliphatic carbocycles. The minimum Gasteiger partial charge on any atom is -0.350 e. The Morgan fingerprint density at radius 3 is 2.59 bits per heavy atom. The number of carbonyl (C=O) groups excluding carboxylic acids is 3. The van der Waals surface area contributed by atoms with Crippen LogP contribution in [0, 0.1) is 0 Å². The Kier molecular flexibility index (Phi) is 5.70. The molecule has 2 aliphatic heterocycles. The molecular formula is C22H32N4O3. The standard InChI is InChI=1S/C22H32N4O3/c1-15-10-11-26-17(12-15)23-18(27)13-22(26,5)20(29)25(16-8-6-7-9-16)14-19(28)24-21(2,3)4/h10-12,16H,6-9,13-14H2,1-5H3,(H,24,28)/t22-/m1/s1. The van der Waals surface area contributed by atoms with Gasteiger partial charge in [0.25, 0.3) is 5.91 Å². The van der Waals surface area contributed by atoms with Crippen molar-refractivity contribution < 1.29 is 14.4 Å². The SMILES string of the molecule is CC1=CC2=NC(=O)C[C@](C)(C(=O)N(CC(=O)NC(C)(C)C)C3CCCC3)N2C=C1. The highest BCUT2D eigenvalue weighted by molar-refractivity contribution is 6.10. The monoisotopic (exact) mass is 400 g/mol. The first-order chi connectivity index (χ1) is 13.5. The van der Waals surface area contributed by atoms with Crippen LogP contribution >= 0.6 is 0 Å². The Balaban J connectivity index is 1.90. The smallest absolute Gasteiger partial charge is 0.250 e. The fourth-order valence-electron chi connectivity index (χ4n) is 4.32. The molecule has 0 unspecified atom stereocenters. The zero-order valence-electron chi connectivity index (χ0n) is 18.1. The van der Waals surface area contributed by atoms with Crippen molar-refractivity contribution in [1.29, 1.82) is 0 Å². The molecule has 1 fully saturated rings. The number of amidine groups is 1. The molecule has 2 heterocycles. The van der Waals surface area contributed by atoms with Crippen LogP contribution < -0.4 is 5.32 Å². The van der Waals surface area contributed by atoms with Gasteiger partial charge in [0.2, 0.25) is 11.8 Å². The third kappa shape index (κ3) is 4.60. The van der Waals surface area contributed by atoms with Crippen LogP contribution in [0.2, 0.25) is 0 Å². The topological polar surface area (TPSA) is 82.1 Å². The number of nitrogens with zero attached hydrogens (tertiary/aromatic N) is 3. The molecule has 0 aromatic carbocycles. The van der Waals surface area contributed by atoms with Crippen molar-refractivity contribution in [2.75, 3.05) is 6.54 Å². The summed E-state index contributed by atoms with van der Waals surface area (Å²) in [6, 6.07) is 0.0218. The minimum atomic E-state index is -1.09. The molecule has 158 valence electrons. The highest BCUT2D eigenvalue weighted by Gasteiger charge is 2.49. The second-order valence-electron chi connectivity index (χ2n) is 9.56. The van der Waals surface area contributed by atoms with E-state index in [-0.39, 0.29) is 42.3 Å². The summed E-state index contributed by atoms with van der Waals surface area (Å²) in [6.07, 6.45) is 9.40. The lowest BCUT2D eigenvalue weighted by molar-refractivity contribution is -0.148. The summed E-state index contributed by atoms with van der Waals surface area (Å²) >= 11 is 0. The fraction of sp³-hybridized carbons (Fsp3) is 0.636. The van der Waals surface area contributed by atoms with Gasteiger partial charge in [-0.2, -0.15) is 4.99 Å². The predicted octanol–water partition coefficient (Wildman–Crippen LogP) is 2.54. The molecule has 0 saturated heterocycles. The summed E-state index contributed by atoms with van der Waals surface area (Å²) in [6.45, 7) is 9.47. The predicted molar refractivity (Wildman–Crippen MR) is 112 cm³/mol. The molecule has 3 amide bonds. The lowest BCUT2D eigenvalue weighted by Gasteiger charge is -2.45. The summed E-state index contributed by atoms with van der Waals surface area (Å²) in [7, 11) is 0. The quantitative estimate of drug-likeness (QED) is 0.786. The number of hydrogen-bond acceptors (Lipinski definition) is 4. The molecule has 7 nitrogen and oxygen atoms in total. The highest BCUT2D eigenvalue weighted by atomic mass is 16.2. The Labute approximate surface area is 172 Å². The van der Waals surface area contributed by atoms with Gasteiger partial charge in [0.05, 0.1) is 13.0 Å². The summed E-state index contributed by atoms with van der Waals surface area (Å²) in [4.78, 5) is 46.5. The lowest BCUT2D eigenvalue weighted by atomic mass is 9.89. The van der Waals surface area contributed by atoms with Crippen LogP contribution in [0.15, 0.2) is 28.9 Å². The molecule has 1 N–H and O–H groups in total. The Hall–Kier alpha value is -2.44. The largest absolute Gasteiger partial charge is 0.350 e. The summed E-state index contributed by atoms with van der Waals surface area (Å²) < 4.78 is 0. The van der Waals surface area contributed by atoms with E-state index in [1.165, 1.54) is 0 Å². The molecule has 0 aromatic heterocycles. The van der Waals surface area contributed by atoms with E-state index in [0.717, 1.165) is 31.3 Å². The lowest BCUT2D eigenvalue weighted by Crippen LogP contribution is -2.63. The van der Waals surface area contributed by atoms with Crippen LogP contribution in [0.5, 0.6) is 0 Å². The molecule has 7 heteroatoms. The van der Waals surface area contributed by atoms with E-state index in [1.54, 1.807) is 16.7 Å². The van der Waals surface area contributed by atoms with Crippen molar-refractivity contribution in [3.05, 3.63) is 23.9 Å². The Bertz CT molecular complexity index is 799. The van der Waals surface area contributed by atoms with E-state index in [0.29, 0.717) is 5.84 Å². The van der Waals surface area contributed by atoms with Gasteiger partial charge in [-0.15, -0.1) is 0 Å². The van der Waals surface area contributed by atoms with Crippen LogP contribution in [-0.4, -0.2) is 57.0 Å². The molecule has 0 spiro atoms. The molecule has 3 aliphatic rings. The number of carbonyl (C=O) groups is 3. The van der Waals surface area contributed by atoms with Crippen molar-refractivity contribution >= 4 is 23.6 Å². The third-order valence-corrected chi connectivity index (χ3v) is 5.67. The number of nitrogens with one attached hydrogen (secondary N) is 1. The average molecular weight is 401 g/mol. The van der Waals surface area contributed by atoms with E-state index < -0.39 is 5.54 Å². The van der Waals surface area contributed by atoms with Gasteiger partial charge in [-0.3, -0.25) is 14.4 Å². The molecule has 0 bridgehead atoms. The minimum absolute atomic E-state index is 0.00330. The summed E-state index contributed by atoms with van der Waals surface area (Å²) in [5.41, 5.74) is -0.488. The number of fused-ring (bicyclic) bond motifs is 1. The van der Waals surface area contributed by atoms with E-state index in [2.05, 4.69) is 10.3 Å². The van der Waals surface area contributed by atoms with Crippen LogP contribution in [0.3, 0.4) is 0 Å². The van der Waals surface area contributed by atoms with Crippen molar-refractivity contribution in [3.8, 4) is 0 Å². The molecular weight excluding hydrogens is 368 g/mol. The van der Waals surface area contributed by atoms with E-state index >= 15 is 0 Å². The first-order valence-electron chi connectivity index (χ1n) is 10.4. The third-order valence-electron chi connectivity index (χ3n) is 5.67. The van der Waals surface area contributed by atoms with Gasteiger partial charge in [0, 0.05) is 17.8 Å². The Morgan fingerprint density at radius 1 is 1.31 bits per heavy atom. The number of rotatable bonds is 4. The summed E-state index contributed by atoms with van der Waals surface area (Å²) in [5.74, 6) is -0.186. The van der Waals surface area contributed by atoms with Gasteiger partial charge in [0.1, 0.15) is 11.4 Å². The van der Waals surface area contributed by atoms with Crippen molar-refractivity contribution in [2.24, 2.45) is 4.99 Å². The van der Waals surface area contributed by atoms with Crippen LogP contribution in [0.4, 0.5) is 0 Å². The number of amides is 3. The Morgan fingerprint density at radius 2 is 1.97 bits per heavy atom. The van der Waals surface area contributed by atoms with E-state index in [1.807, 2.05) is 46.0 Å². The maximum atomic E-state index is 13.8. The maximum absolute atomic E-state index is 13.8. The number of allylic oxidation sites excluding steroid dienone is 2. The first kappa shape index (κ1) is 21.3. The van der Waals surface area contributed by atoms with Gasteiger partial charge in [-0.05, 0) is 65.2 Å². The maximum Gasteiger partial charge on any atom is 0.250 e. The number of hydrogen-bond donors (Lipinski definition) is 1.